The van der Waals surface area contributed by atoms with E-state index in [2.05, 4.69) is 5.32 Å². The molecule has 0 bridgehead atoms. The van der Waals surface area contributed by atoms with Crippen LogP contribution < -0.4 is 5.32 Å². The molecule has 2 N–H and O–H groups in total. The fourth-order valence-corrected chi connectivity index (χ4v) is 4.14. The lowest BCUT2D eigenvalue weighted by Crippen LogP contribution is -2.45. The molecule has 2 aliphatic heterocycles. The summed E-state index contributed by atoms with van der Waals surface area (Å²) in [6.07, 6.45) is 1.67. The Hall–Kier alpha value is -0.660. The third-order valence-electron chi connectivity index (χ3n) is 3.52. The quantitative estimate of drug-likeness (QED) is 0.672. The maximum Gasteiger partial charge on any atom is 0.234 e. The van der Waals surface area contributed by atoms with E-state index in [-0.39, 0.29) is 29.6 Å². The van der Waals surface area contributed by atoms with Gasteiger partial charge in [0.2, 0.25) is 5.91 Å². The fraction of sp³-hybridized carbons (Fsp3) is 0.909. The van der Waals surface area contributed by atoms with E-state index in [1.807, 2.05) is 4.90 Å². The predicted octanol–water partition coefficient (Wildman–Crippen LogP) is -1.25. The zero-order chi connectivity index (χ0) is 13.2. The Morgan fingerprint density at radius 2 is 1.94 bits per heavy atom. The van der Waals surface area contributed by atoms with E-state index in [9.17, 15) is 18.3 Å². The lowest BCUT2D eigenvalue weighted by Gasteiger charge is -2.29. The highest BCUT2D eigenvalue weighted by atomic mass is 32.2. The molecule has 0 saturated carbocycles. The third-order valence-corrected chi connectivity index (χ3v) is 5.29. The minimum absolute atomic E-state index is 0.0669. The summed E-state index contributed by atoms with van der Waals surface area (Å²) in [7, 11) is -2.94. The van der Waals surface area contributed by atoms with Gasteiger partial charge in [-0.3, -0.25) is 9.69 Å². The lowest BCUT2D eigenvalue weighted by molar-refractivity contribution is -0.123. The van der Waals surface area contributed by atoms with Crippen LogP contribution in [0.3, 0.4) is 0 Å². The van der Waals surface area contributed by atoms with Crippen LogP contribution in [0, 0.1) is 0 Å². The minimum atomic E-state index is -2.94. The van der Waals surface area contributed by atoms with Crippen molar-refractivity contribution in [2.75, 3.05) is 31.1 Å². The van der Waals surface area contributed by atoms with Crippen LogP contribution in [-0.2, 0) is 14.6 Å². The number of hydrogen-bond donors (Lipinski definition) is 2. The first kappa shape index (κ1) is 13.8. The average Bonchev–Trinajstić information content (AvgIpc) is 2.61. The van der Waals surface area contributed by atoms with Gasteiger partial charge in [0, 0.05) is 19.1 Å². The van der Waals surface area contributed by atoms with Crippen molar-refractivity contribution in [1.29, 1.82) is 0 Å². The van der Waals surface area contributed by atoms with E-state index in [4.69, 9.17) is 0 Å². The minimum Gasteiger partial charge on any atom is -0.393 e. The van der Waals surface area contributed by atoms with Crippen molar-refractivity contribution in [1.82, 2.24) is 10.2 Å². The van der Waals surface area contributed by atoms with Crippen LogP contribution in [0.25, 0.3) is 0 Å². The number of aliphatic hydroxyl groups is 1. The molecule has 0 spiro atoms. The Bertz CT molecular complexity index is 401. The molecule has 1 unspecified atom stereocenters. The zero-order valence-electron chi connectivity index (χ0n) is 10.3. The molecule has 2 heterocycles. The second kappa shape index (κ2) is 5.54. The van der Waals surface area contributed by atoms with Crippen LogP contribution >= 0.6 is 0 Å². The molecule has 2 rings (SSSR count). The van der Waals surface area contributed by atoms with Crippen molar-refractivity contribution in [3.05, 3.63) is 0 Å². The number of sulfone groups is 1. The lowest BCUT2D eigenvalue weighted by atomic mass is 10.1. The van der Waals surface area contributed by atoms with Crippen LogP contribution in [0.15, 0.2) is 0 Å². The highest BCUT2D eigenvalue weighted by Gasteiger charge is 2.29. The summed E-state index contributed by atoms with van der Waals surface area (Å²) in [6, 6.07) is -0.224. The van der Waals surface area contributed by atoms with Gasteiger partial charge in [0.25, 0.3) is 0 Å². The van der Waals surface area contributed by atoms with Crippen molar-refractivity contribution < 1.29 is 18.3 Å². The maximum atomic E-state index is 11.7. The van der Waals surface area contributed by atoms with Gasteiger partial charge >= 0.3 is 0 Å². The predicted molar refractivity (Wildman–Crippen MR) is 66.9 cm³/mol. The van der Waals surface area contributed by atoms with Gasteiger partial charge in [0.15, 0.2) is 9.84 Å². The second-order valence-corrected chi connectivity index (χ2v) is 7.40. The summed E-state index contributed by atoms with van der Waals surface area (Å²) in [5, 5.41) is 12.1. The number of carbonyl (C=O) groups is 1. The van der Waals surface area contributed by atoms with Crippen molar-refractivity contribution in [2.45, 2.75) is 31.4 Å². The van der Waals surface area contributed by atoms with Gasteiger partial charge in [0.05, 0.1) is 24.2 Å². The SMILES string of the molecule is O=C(CN1CCC(O)CC1)NC1CCS(=O)(=O)C1. The number of rotatable bonds is 3. The van der Waals surface area contributed by atoms with Gasteiger partial charge in [-0.25, -0.2) is 8.42 Å². The molecule has 2 saturated heterocycles. The topological polar surface area (TPSA) is 86.7 Å². The van der Waals surface area contributed by atoms with Crippen LogP contribution in [0.4, 0.5) is 0 Å². The Labute approximate surface area is 107 Å². The largest absolute Gasteiger partial charge is 0.393 e. The third kappa shape index (κ3) is 3.93. The van der Waals surface area contributed by atoms with E-state index < -0.39 is 9.84 Å². The molecule has 0 aromatic heterocycles. The maximum absolute atomic E-state index is 11.7. The number of nitrogens with one attached hydrogen (secondary N) is 1. The van der Waals surface area contributed by atoms with Crippen LogP contribution in [-0.4, -0.2) is 67.6 Å². The number of hydrogen-bond acceptors (Lipinski definition) is 5. The molecule has 0 aromatic carbocycles. The van der Waals surface area contributed by atoms with Crippen molar-refractivity contribution >= 4 is 15.7 Å². The highest BCUT2D eigenvalue weighted by Crippen LogP contribution is 2.12. The number of piperidine rings is 1. The summed E-state index contributed by atoms with van der Waals surface area (Å²) in [6.45, 7) is 1.73. The van der Waals surface area contributed by atoms with Crippen molar-refractivity contribution in [3.8, 4) is 0 Å². The van der Waals surface area contributed by atoms with E-state index in [1.54, 1.807) is 0 Å². The summed E-state index contributed by atoms with van der Waals surface area (Å²) in [4.78, 5) is 13.7. The molecule has 1 atom stereocenters. The Kier molecular flexibility index (Phi) is 4.24. The smallest absolute Gasteiger partial charge is 0.234 e. The van der Waals surface area contributed by atoms with Crippen LogP contribution in [0.2, 0.25) is 0 Å². The monoisotopic (exact) mass is 276 g/mol. The summed E-state index contributed by atoms with van der Waals surface area (Å²) >= 11 is 0. The Morgan fingerprint density at radius 3 is 2.50 bits per heavy atom. The number of nitrogens with zero attached hydrogens (tertiary/aromatic N) is 1. The van der Waals surface area contributed by atoms with Crippen LogP contribution in [0.5, 0.6) is 0 Å². The first-order chi connectivity index (χ1) is 8.44. The number of carbonyl (C=O) groups excluding carboxylic acids is 1. The molecule has 6 nitrogen and oxygen atoms in total. The van der Waals surface area contributed by atoms with Crippen LogP contribution in [0.1, 0.15) is 19.3 Å². The molecule has 0 aliphatic carbocycles. The first-order valence-corrected chi connectivity index (χ1v) is 8.17. The second-order valence-electron chi connectivity index (χ2n) is 5.17. The first-order valence-electron chi connectivity index (χ1n) is 6.35. The molecular weight excluding hydrogens is 256 g/mol. The van der Waals surface area contributed by atoms with Gasteiger partial charge in [-0.05, 0) is 19.3 Å². The van der Waals surface area contributed by atoms with Crippen molar-refractivity contribution in [3.63, 3.8) is 0 Å². The van der Waals surface area contributed by atoms with Gasteiger partial charge in [-0.15, -0.1) is 0 Å². The molecule has 2 fully saturated rings. The van der Waals surface area contributed by atoms with E-state index >= 15 is 0 Å². The average molecular weight is 276 g/mol. The zero-order valence-corrected chi connectivity index (χ0v) is 11.2. The molecule has 1 amide bonds. The summed E-state index contributed by atoms with van der Waals surface area (Å²) < 4.78 is 22.5. The van der Waals surface area contributed by atoms with Crippen molar-refractivity contribution in [2.24, 2.45) is 0 Å². The molecule has 18 heavy (non-hydrogen) atoms. The molecule has 0 aromatic rings. The number of amides is 1. The summed E-state index contributed by atoms with van der Waals surface area (Å²) in [5.74, 6) is 0.124. The van der Waals surface area contributed by atoms with Gasteiger partial charge < -0.3 is 10.4 Å². The van der Waals surface area contributed by atoms with E-state index in [0.717, 1.165) is 13.1 Å². The molecular formula is C11H20N2O4S. The van der Waals surface area contributed by atoms with Gasteiger partial charge in [-0.1, -0.05) is 0 Å². The Balaban J connectivity index is 1.73. The highest BCUT2D eigenvalue weighted by molar-refractivity contribution is 7.91. The molecule has 2 aliphatic rings. The normalized spacial score (nSPS) is 29.3. The number of likely N-dealkylation sites (tertiary alicyclic amines) is 1. The molecule has 104 valence electrons. The Morgan fingerprint density at radius 1 is 1.28 bits per heavy atom. The molecule has 0 radical (unpaired) electrons. The summed E-state index contributed by atoms with van der Waals surface area (Å²) in [5.41, 5.74) is 0. The van der Waals surface area contributed by atoms with E-state index in [1.165, 1.54) is 0 Å². The molecule has 7 heteroatoms. The van der Waals surface area contributed by atoms with Gasteiger partial charge in [-0.2, -0.15) is 0 Å². The van der Waals surface area contributed by atoms with Gasteiger partial charge in [0.1, 0.15) is 0 Å². The van der Waals surface area contributed by atoms with E-state index in [0.29, 0.717) is 25.8 Å². The fourth-order valence-electron chi connectivity index (χ4n) is 2.46. The number of aliphatic hydroxyl groups excluding tert-OH is 1. The standard InChI is InChI=1S/C11H20N2O4S/c14-10-1-4-13(5-2-10)7-11(15)12-9-3-6-18(16,17)8-9/h9-10,14H,1-8H2,(H,12,15).